The van der Waals surface area contributed by atoms with Crippen molar-refractivity contribution in [2.24, 2.45) is 0 Å². The Morgan fingerprint density at radius 1 is 1.07 bits per heavy atom. The van der Waals surface area contributed by atoms with E-state index in [1.165, 1.54) is 11.1 Å². The fourth-order valence-electron chi connectivity index (χ4n) is 4.64. The van der Waals surface area contributed by atoms with E-state index in [-0.39, 0.29) is 24.0 Å². The summed E-state index contributed by atoms with van der Waals surface area (Å²) < 4.78 is 7.36. The smallest absolute Gasteiger partial charge is 0.248 e. The van der Waals surface area contributed by atoms with Crippen LogP contribution in [-0.2, 0) is 14.9 Å². The van der Waals surface area contributed by atoms with Crippen molar-refractivity contribution in [2.45, 2.75) is 31.2 Å². The van der Waals surface area contributed by atoms with Crippen LogP contribution in [0.3, 0.4) is 0 Å². The summed E-state index contributed by atoms with van der Waals surface area (Å²) in [6.07, 6.45) is 5.66. The molecule has 156 valence electrons. The highest BCUT2D eigenvalue weighted by atomic mass is 16.5. The number of hydrogen-bond acceptors (Lipinski definition) is 3. The Labute approximate surface area is 178 Å². The number of imidazole rings is 1. The molecule has 0 saturated carbocycles. The van der Waals surface area contributed by atoms with Gasteiger partial charge in [0.05, 0.1) is 11.5 Å². The molecule has 5 heteroatoms. The van der Waals surface area contributed by atoms with E-state index in [0.29, 0.717) is 13.1 Å². The summed E-state index contributed by atoms with van der Waals surface area (Å²) in [5.74, 6) is 1.13. The zero-order chi connectivity index (χ0) is 21.0. The molecule has 0 radical (unpaired) electrons. The van der Waals surface area contributed by atoms with Crippen LogP contribution in [0.2, 0.25) is 0 Å². The first-order valence-electron chi connectivity index (χ1n) is 10.6. The lowest BCUT2D eigenvalue weighted by Gasteiger charge is -2.42. The van der Waals surface area contributed by atoms with Crippen LogP contribution in [0.15, 0.2) is 73.1 Å². The van der Waals surface area contributed by atoms with E-state index in [9.17, 15) is 4.79 Å². The Bertz CT molecular complexity index is 960. The first kappa shape index (κ1) is 20.4. The second-order valence-electron chi connectivity index (χ2n) is 8.01. The Kier molecular flexibility index (Phi) is 6.00. The first-order valence-corrected chi connectivity index (χ1v) is 10.6. The van der Waals surface area contributed by atoms with Gasteiger partial charge in [0.2, 0.25) is 5.91 Å². The van der Waals surface area contributed by atoms with Crippen molar-refractivity contribution in [1.29, 1.82) is 0 Å². The Hall–Kier alpha value is -2.92. The zero-order valence-electron chi connectivity index (χ0n) is 17.7. The summed E-state index contributed by atoms with van der Waals surface area (Å²) in [6.45, 7) is 3.75. The molecule has 1 fully saturated rings. The number of amides is 1. The van der Waals surface area contributed by atoms with Gasteiger partial charge in [-0.25, -0.2) is 4.98 Å². The normalized spacial score (nSPS) is 16.9. The van der Waals surface area contributed by atoms with Crippen molar-refractivity contribution in [3.05, 3.63) is 90.0 Å². The molecule has 1 atom stereocenters. The number of likely N-dealkylation sites (tertiary alicyclic amines) is 1. The van der Waals surface area contributed by atoms with Crippen molar-refractivity contribution in [1.82, 2.24) is 14.5 Å². The molecule has 0 bridgehead atoms. The molecule has 3 aromatic rings. The number of methoxy groups -OCH3 is 1. The lowest BCUT2D eigenvalue weighted by Crippen LogP contribution is -2.48. The maximum atomic E-state index is 12.4. The van der Waals surface area contributed by atoms with Crippen LogP contribution in [-0.4, -0.2) is 47.2 Å². The quantitative estimate of drug-likeness (QED) is 0.624. The topological polar surface area (TPSA) is 47.4 Å². The molecule has 4 rings (SSSR count). The minimum atomic E-state index is -0.225. The standard InChI is InChI=1S/C25H29N3O2/c1-20(21-9-5-3-6-10-21)28-18-15-26-24(28)25(22-11-7-4-8-12-22)13-16-27(17-14-25)23(29)19-30-2/h3-12,15,18,20H,13-14,16-17,19H2,1-2H3. The van der Waals surface area contributed by atoms with Crippen LogP contribution in [0.1, 0.15) is 42.8 Å². The lowest BCUT2D eigenvalue weighted by atomic mass is 9.71. The number of hydrogen-bond donors (Lipinski definition) is 0. The van der Waals surface area contributed by atoms with E-state index in [1.54, 1.807) is 7.11 Å². The molecule has 1 aromatic heterocycles. The monoisotopic (exact) mass is 403 g/mol. The van der Waals surface area contributed by atoms with Gasteiger partial charge < -0.3 is 14.2 Å². The molecule has 1 saturated heterocycles. The van der Waals surface area contributed by atoms with Gasteiger partial charge in [-0.1, -0.05) is 60.7 Å². The molecule has 2 aromatic carbocycles. The van der Waals surface area contributed by atoms with Gasteiger partial charge in [0.15, 0.2) is 0 Å². The molecule has 1 unspecified atom stereocenters. The molecule has 0 spiro atoms. The van der Waals surface area contributed by atoms with Crippen molar-refractivity contribution >= 4 is 5.91 Å². The lowest BCUT2D eigenvalue weighted by molar-refractivity contribution is -0.136. The Morgan fingerprint density at radius 3 is 2.33 bits per heavy atom. The van der Waals surface area contributed by atoms with Crippen molar-refractivity contribution in [3.63, 3.8) is 0 Å². The number of carbonyl (C=O) groups excluding carboxylic acids is 1. The van der Waals surface area contributed by atoms with Crippen LogP contribution >= 0.6 is 0 Å². The van der Waals surface area contributed by atoms with E-state index in [4.69, 9.17) is 9.72 Å². The maximum absolute atomic E-state index is 12.4. The summed E-state index contributed by atoms with van der Waals surface area (Å²) >= 11 is 0. The summed E-state index contributed by atoms with van der Waals surface area (Å²) in [7, 11) is 1.57. The number of aromatic nitrogens is 2. The summed E-state index contributed by atoms with van der Waals surface area (Å²) in [6, 6.07) is 21.3. The second-order valence-corrected chi connectivity index (χ2v) is 8.01. The third-order valence-electron chi connectivity index (χ3n) is 6.36. The van der Waals surface area contributed by atoms with Gasteiger partial charge in [0.25, 0.3) is 0 Å². The fraction of sp³-hybridized carbons (Fsp3) is 0.360. The van der Waals surface area contributed by atoms with E-state index in [2.05, 4.69) is 66.2 Å². The fourth-order valence-corrected chi connectivity index (χ4v) is 4.64. The molecule has 1 aliphatic rings. The van der Waals surface area contributed by atoms with E-state index in [1.807, 2.05) is 23.2 Å². The van der Waals surface area contributed by atoms with E-state index in [0.717, 1.165) is 18.7 Å². The van der Waals surface area contributed by atoms with Crippen LogP contribution in [0, 0.1) is 0 Å². The number of ether oxygens (including phenoxy) is 1. The maximum Gasteiger partial charge on any atom is 0.248 e. The highest BCUT2D eigenvalue weighted by Gasteiger charge is 2.42. The average Bonchev–Trinajstić information content (AvgIpc) is 3.30. The van der Waals surface area contributed by atoms with Crippen molar-refractivity contribution in [3.8, 4) is 0 Å². The third kappa shape index (κ3) is 3.77. The average molecular weight is 404 g/mol. The number of benzene rings is 2. The molecule has 1 aliphatic heterocycles. The number of carbonyl (C=O) groups is 1. The van der Waals surface area contributed by atoms with Crippen molar-refractivity contribution < 1.29 is 9.53 Å². The Balaban J connectivity index is 1.72. The van der Waals surface area contributed by atoms with E-state index < -0.39 is 0 Å². The van der Waals surface area contributed by atoms with Gasteiger partial charge in [-0.15, -0.1) is 0 Å². The zero-order valence-corrected chi connectivity index (χ0v) is 17.7. The van der Waals surface area contributed by atoms with E-state index >= 15 is 0 Å². The van der Waals surface area contributed by atoms with Gasteiger partial charge in [0, 0.05) is 32.6 Å². The highest BCUT2D eigenvalue weighted by Crippen LogP contribution is 2.42. The molecule has 2 heterocycles. The van der Waals surface area contributed by atoms with Gasteiger partial charge >= 0.3 is 0 Å². The number of rotatable bonds is 6. The molecular weight excluding hydrogens is 374 g/mol. The summed E-state index contributed by atoms with van der Waals surface area (Å²) in [4.78, 5) is 19.2. The molecular formula is C25H29N3O2. The predicted octanol–water partition coefficient (Wildman–Crippen LogP) is 4.05. The molecule has 0 aliphatic carbocycles. The SMILES string of the molecule is COCC(=O)N1CCC(c2ccccc2)(c2nccn2C(C)c2ccccc2)CC1. The van der Waals surface area contributed by atoms with Gasteiger partial charge in [0.1, 0.15) is 12.4 Å². The second kappa shape index (κ2) is 8.84. The minimum Gasteiger partial charge on any atom is -0.375 e. The van der Waals surface area contributed by atoms with Crippen LogP contribution < -0.4 is 0 Å². The van der Waals surface area contributed by atoms with Gasteiger partial charge in [-0.05, 0) is 30.9 Å². The van der Waals surface area contributed by atoms with Crippen molar-refractivity contribution in [2.75, 3.05) is 26.8 Å². The molecule has 5 nitrogen and oxygen atoms in total. The number of piperidine rings is 1. The first-order chi connectivity index (χ1) is 14.7. The highest BCUT2D eigenvalue weighted by molar-refractivity contribution is 5.77. The molecule has 30 heavy (non-hydrogen) atoms. The van der Waals surface area contributed by atoms with Crippen LogP contribution in [0.5, 0.6) is 0 Å². The van der Waals surface area contributed by atoms with Gasteiger partial charge in [-0.2, -0.15) is 0 Å². The third-order valence-corrected chi connectivity index (χ3v) is 6.36. The number of nitrogens with zero attached hydrogens (tertiary/aromatic N) is 3. The Morgan fingerprint density at radius 2 is 1.70 bits per heavy atom. The minimum absolute atomic E-state index is 0.0557. The molecule has 1 amide bonds. The summed E-state index contributed by atoms with van der Waals surface area (Å²) in [5, 5.41) is 0. The van der Waals surface area contributed by atoms with Gasteiger partial charge in [-0.3, -0.25) is 4.79 Å². The largest absolute Gasteiger partial charge is 0.375 e. The predicted molar refractivity (Wildman–Crippen MR) is 117 cm³/mol. The van der Waals surface area contributed by atoms with Crippen LogP contribution in [0.4, 0.5) is 0 Å². The molecule has 0 N–H and O–H groups in total. The van der Waals surface area contributed by atoms with Crippen LogP contribution in [0.25, 0.3) is 0 Å². The summed E-state index contributed by atoms with van der Waals surface area (Å²) in [5.41, 5.74) is 2.29.